The number of imidazole rings is 1. The van der Waals surface area contributed by atoms with Gasteiger partial charge in [0.15, 0.2) is 10.8 Å². The number of benzene rings is 1. The second-order valence-electron chi connectivity index (χ2n) is 5.93. The molecular weight excluding hydrogens is 311 g/mol. The molecule has 0 saturated heterocycles. The first kappa shape index (κ1) is 14.5. The number of hydrogen-bond acceptors (Lipinski definition) is 4. The number of rotatable bonds is 3. The molecule has 3 aromatic rings. The second kappa shape index (κ2) is 5.86. The molecule has 2 N–H and O–H groups in total. The van der Waals surface area contributed by atoms with E-state index >= 15 is 0 Å². The summed E-state index contributed by atoms with van der Waals surface area (Å²) in [6.45, 7) is 0. The molecule has 0 amide bonds. The van der Waals surface area contributed by atoms with Crippen molar-refractivity contribution in [3.63, 3.8) is 0 Å². The lowest BCUT2D eigenvalue weighted by molar-refractivity contribution is 0.514. The fraction of sp³-hybridized carbons (Fsp3) is 0.294. The van der Waals surface area contributed by atoms with Crippen molar-refractivity contribution in [2.45, 2.75) is 31.3 Å². The summed E-state index contributed by atoms with van der Waals surface area (Å²) >= 11 is 1.56. The van der Waals surface area contributed by atoms with Gasteiger partial charge in [0.1, 0.15) is 5.82 Å². The average molecular weight is 328 g/mol. The van der Waals surface area contributed by atoms with Crippen LogP contribution in [0.15, 0.2) is 42.0 Å². The van der Waals surface area contributed by atoms with E-state index in [0.717, 1.165) is 41.4 Å². The molecule has 23 heavy (non-hydrogen) atoms. The summed E-state index contributed by atoms with van der Waals surface area (Å²) in [5.74, 6) is 0.653. The molecule has 6 heteroatoms. The van der Waals surface area contributed by atoms with E-state index < -0.39 is 0 Å². The molecular formula is C17H17FN4S. The Kier molecular flexibility index (Phi) is 3.71. The van der Waals surface area contributed by atoms with E-state index in [4.69, 9.17) is 5.73 Å². The number of nitrogens with zero attached hydrogens (tertiary/aromatic N) is 3. The average Bonchev–Trinajstić information content (AvgIpc) is 3.26. The molecule has 2 atom stereocenters. The van der Waals surface area contributed by atoms with Crippen LogP contribution in [0.3, 0.4) is 0 Å². The van der Waals surface area contributed by atoms with E-state index in [0.29, 0.717) is 6.04 Å². The van der Waals surface area contributed by atoms with E-state index in [-0.39, 0.29) is 11.9 Å². The zero-order chi connectivity index (χ0) is 15.8. The van der Waals surface area contributed by atoms with Crippen molar-refractivity contribution in [2.75, 3.05) is 0 Å². The van der Waals surface area contributed by atoms with Gasteiger partial charge in [-0.2, -0.15) is 0 Å². The van der Waals surface area contributed by atoms with Gasteiger partial charge in [0.05, 0.1) is 5.69 Å². The van der Waals surface area contributed by atoms with Crippen molar-refractivity contribution in [2.24, 2.45) is 5.73 Å². The van der Waals surface area contributed by atoms with Crippen molar-refractivity contribution in [3.8, 4) is 22.1 Å². The Labute approximate surface area is 137 Å². The monoisotopic (exact) mass is 328 g/mol. The Bertz CT molecular complexity index is 808. The lowest BCUT2D eigenvalue weighted by Crippen LogP contribution is -2.16. The molecule has 1 aliphatic rings. The van der Waals surface area contributed by atoms with Crippen molar-refractivity contribution in [1.82, 2.24) is 14.5 Å². The van der Waals surface area contributed by atoms with Crippen molar-refractivity contribution < 1.29 is 4.39 Å². The number of hydrogen-bond donors (Lipinski definition) is 1. The van der Waals surface area contributed by atoms with E-state index in [2.05, 4.69) is 14.5 Å². The molecule has 1 fully saturated rings. The molecule has 0 aliphatic heterocycles. The highest BCUT2D eigenvalue weighted by molar-refractivity contribution is 7.13. The van der Waals surface area contributed by atoms with Gasteiger partial charge in [-0.25, -0.2) is 14.4 Å². The Balaban J connectivity index is 1.65. The van der Waals surface area contributed by atoms with Gasteiger partial charge < -0.3 is 10.3 Å². The zero-order valence-electron chi connectivity index (χ0n) is 12.5. The first-order valence-corrected chi connectivity index (χ1v) is 8.59. The molecule has 118 valence electrons. The molecule has 1 aliphatic carbocycles. The third-order valence-electron chi connectivity index (χ3n) is 4.34. The minimum atomic E-state index is -0.239. The predicted molar refractivity (Wildman–Crippen MR) is 89.6 cm³/mol. The van der Waals surface area contributed by atoms with Crippen LogP contribution < -0.4 is 5.73 Å². The van der Waals surface area contributed by atoms with Crippen LogP contribution in [0, 0.1) is 5.82 Å². The molecule has 0 radical (unpaired) electrons. The Morgan fingerprint density at radius 3 is 2.78 bits per heavy atom. The van der Waals surface area contributed by atoms with Gasteiger partial charge in [0, 0.05) is 35.4 Å². The Morgan fingerprint density at radius 2 is 2.04 bits per heavy atom. The van der Waals surface area contributed by atoms with Crippen LogP contribution in [-0.2, 0) is 0 Å². The molecule has 4 rings (SSSR count). The second-order valence-corrected chi connectivity index (χ2v) is 6.79. The molecule has 0 unspecified atom stereocenters. The number of nitrogens with two attached hydrogens (primary N) is 1. The highest BCUT2D eigenvalue weighted by Crippen LogP contribution is 2.34. The van der Waals surface area contributed by atoms with Gasteiger partial charge in [-0.3, -0.25) is 0 Å². The van der Waals surface area contributed by atoms with E-state index in [9.17, 15) is 4.39 Å². The fourth-order valence-electron chi connectivity index (χ4n) is 3.15. The van der Waals surface area contributed by atoms with Crippen LogP contribution in [0.1, 0.15) is 25.3 Å². The van der Waals surface area contributed by atoms with Crippen LogP contribution in [0.5, 0.6) is 0 Å². The van der Waals surface area contributed by atoms with Crippen LogP contribution in [-0.4, -0.2) is 20.6 Å². The van der Waals surface area contributed by atoms with Crippen LogP contribution in [0.25, 0.3) is 22.1 Å². The first-order valence-electron chi connectivity index (χ1n) is 7.71. The van der Waals surface area contributed by atoms with Gasteiger partial charge in [-0.1, -0.05) is 0 Å². The topological polar surface area (TPSA) is 56.7 Å². The van der Waals surface area contributed by atoms with E-state index in [1.54, 1.807) is 23.5 Å². The molecule has 2 heterocycles. The summed E-state index contributed by atoms with van der Waals surface area (Å²) in [5.41, 5.74) is 7.80. The summed E-state index contributed by atoms with van der Waals surface area (Å²) in [6, 6.07) is 7.08. The standard InChI is InChI=1S/C17H17FN4S/c18-12-3-1-11(2-4-12)15-10-23-17(21-15)16-20-7-8-22(16)14-6-5-13(19)9-14/h1-4,7-8,10,13-14H,5-6,9,19H2/t13-,14-/m1/s1. The maximum atomic E-state index is 13.0. The van der Waals surface area contributed by atoms with Crippen LogP contribution >= 0.6 is 11.3 Å². The van der Waals surface area contributed by atoms with Crippen molar-refractivity contribution in [1.29, 1.82) is 0 Å². The van der Waals surface area contributed by atoms with Crippen molar-refractivity contribution >= 4 is 11.3 Å². The molecule has 2 aromatic heterocycles. The highest BCUT2D eigenvalue weighted by Gasteiger charge is 2.25. The summed E-state index contributed by atoms with van der Waals surface area (Å²) in [4.78, 5) is 9.17. The van der Waals surface area contributed by atoms with Gasteiger partial charge in [-0.15, -0.1) is 11.3 Å². The molecule has 1 aromatic carbocycles. The molecule has 0 spiro atoms. The molecule has 4 nitrogen and oxygen atoms in total. The summed E-state index contributed by atoms with van der Waals surface area (Å²) < 4.78 is 15.2. The van der Waals surface area contributed by atoms with E-state index in [1.165, 1.54) is 12.1 Å². The summed E-state index contributed by atoms with van der Waals surface area (Å²) in [7, 11) is 0. The Hall–Kier alpha value is -2.05. The van der Waals surface area contributed by atoms with Gasteiger partial charge in [0.25, 0.3) is 0 Å². The quantitative estimate of drug-likeness (QED) is 0.794. The minimum Gasteiger partial charge on any atom is -0.328 e. The SMILES string of the molecule is N[C@@H]1CC[C@@H](n2ccnc2-c2nc(-c3ccc(F)cc3)cs2)C1. The largest absolute Gasteiger partial charge is 0.328 e. The normalized spacial score (nSPS) is 21.0. The maximum Gasteiger partial charge on any atom is 0.169 e. The highest BCUT2D eigenvalue weighted by atomic mass is 32.1. The smallest absolute Gasteiger partial charge is 0.169 e. The molecule has 0 bridgehead atoms. The van der Waals surface area contributed by atoms with Gasteiger partial charge in [-0.05, 0) is 43.5 Å². The third kappa shape index (κ3) is 2.80. The zero-order valence-corrected chi connectivity index (χ0v) is 13.3. The van der Waals surface area contributed by atoms with Gasteiger partial charge in [0.2, 0.25) is 0 Å². The summed E-state index contributed by atoms with van der Waals surface area (Å²) in [5, 5.41) is 2.87. The van der Waals surface area contributed by atoms with E-state index in [1.807, 2.05) is 17.8 Å². The Morgan fingerprint density at radius 1 is 1.22 bits per heavy atom. The third-order valence-corrected chi connectivity index (χ3v) is 5.18. The minimum absolute atomic E-state index is 0.239. The fourth-order valence-corrected chi connectivity index (χ4v) is 3.97. The lowest BCUT2D eigenvalue weighted by atomic mass is 10.2. The van der Waals surface area contributed by atoms with Gasteiger partial charge >= 0.3 is 0 Å². The number of halogens is 1. The number of aromatic nitrogens is 3. The maximum absolute atomic E-state index is 13.0. The number of thiazole rings is 1. The lowest BCUT2D eigenvalue weighted by Gasteiger charge is -2.13. The predicted octanol–water partition coefficient (Wildman–Crippen LogP) is 3.87. The molecule has 1 saturated carbocycles. The first-order chi connectivity index (χ1) is 11.2. The van der Waals surface area contributed by atoms with Crippen LogP contribution in [0.4, 0.5) is 4.39 Å². The van der Waals surface area contributed by atoms with Crippen molar-refractivity contribution in [3.05, 3.63) is 47.9 Å². The summed E-state index contributed by atoms with van der Waals surface area (Å²) in [6.07, 6.45) is 6.95. The van der Waals surface area contributed by atoms with Crippen LogP contribution in [0.2, 0.25) is 0 Å².